The molecule has 1 heterocycles. The molecule has 0 bridgehead atoms. The monoisotopic (exact) mass is 259 g/mol. The summed E-state index contributed by atoms with van der Waals surface area (Å²) in [6, 6.07) is 10.0. The van der Waals surface area contributed by atoms with Gasteiger partial charge in [0.2, 0.25) is 0 Å². The van der Waals surface area contributed by atoms with Gasteiger partial charge in [-0.05, 0) is 35.2 Å². The number of rotatable bonds is 5. The van der Waals surface area contributed by atoms with Crippen molar-refractivity contribution in [2.45, 2.75) is 26.5 Å². The van der Waals surface area contributed by atoms with E-state index in [2.05, 4.69) is 16.7 Å². The number of ether oxygens (including phenoxy) is 1. The second-order valence-corrected chi connectivity index (χ2v) is 5.15. The molecule has 3 heteroatoms. The maximum absolute atomic E-state index is 10.0. The predicted molar refractivity (Wildman–Crippen MR) is 76.3 cm³/mol. The van der Waals surface area contributed by atoms with Crippen LogP contribution in [0.2, 0.25) is 0 Å². The summed E-state index contributed by atoms with van der Waals surface area (Å²) >= 11 is 0. The Bertz CT molecular complexity index is 514. The van der Waals surface area contributed by atoms with Crippen LogP contribution in [0.25, 0.3) is 0 Å². The number of aliphatic hydroxyl groups excluding tert-OH is 1. The van der Waals surface area contributed by atoms with Gasteiger partial charge < -0.3 is 14.4 Å². The molecule has 1 N–H and O–H groups in total. The summed E-state index contributed by atoms with van der Waals surface area (Å²) in [6.07, 6.45) is 3.62. The topological polar surface area (TPSA) is 34.4 Å². The van der Waals surface area contributed by atoms with Crippen LogP contribution in [-0.4, -0.2) is 16.8 Å². The number of hydrogen-bond acceptors (Lipinski definition) is 2. The lowest BCUT2D eigenvalue weighted by atomic mass is 10.0. The van der Waals surface area contributed by atoms with Crippen LogP contribution in [0, 0.1) is 5.92 Å². The summed E-state index contributed by atoms with van der Waals surface area (Å²) < 4.78 is 7.23. The van der Waals surface area contributed by atoms with Crippen LogP contribution in [-0.2, 0) is 6.54 Å². The second-order valence-electron chi connectivity index (χ2n) is 5.15. The zero-order chi connectivity index (χ0) is 13.8. The van der Waals surface area contributed by atoms with Crippen molar-refractivity contribution in [1.29, 1.82) is 0 Å². The van der Waals surface area contributed by atoms with Gasteiger partial charge in [0.1, 0.15) is 5.75 Å². The van der Waals surface area contributed by atoms with E-state index in [0.717, 1.165) is 17.9 Å². The quantitative estimate of drug-likeness (QED) is 0.894. The molecule has 1 atom stereocenters. The summed E-state index contributed by atoms with van der Waals surface area (Å²) in [4.78, 5) is 0. The molecular formula is C16H21NO2. The standard InChI is InChI=1S/C16H21NO2/c1-12(2)16(18)14-8-9-17(11-14)10-13-4-6-15(19-3)7-5-13/h4-9,11-12,16,18H,10H2,1-3H3. The van der Waals surface area contributed by atoms with E-state index < -0.39 is 6.10 Å². The normalized spacial score (nSPS) is 12.7. The maximum atomic E-state index is 10.0. The Balaban J connectivity index is 2.06. The summed E-state index contributed by atoms with van der Waals surface area (Å²) in [5.41, 5.74) is 2.19. The van der Waals surface area contributed by atoms with Crippen LogP contribution >= 0.6 is 0 Å². The Labute approximate surface area is 114 Å². The van der Waals surface area contributed by atoms with Gasteiger partial charge >= 0.3 is 0 Å². The highest BCUT2D eigenvalue weighted by Gasteiger charge is 2.12. The Morgan fingerprint density at radius 2 is 1.84 bits per heavy atom. The number of benzene rings is 1. The molecule has 2 rings (SSSR count). The minimum atomic E-state index is -0.392. The highest BCUT2D eigenvalue weighted by molar-refractivity contribution is 5.27. The van der Waals surface area contributed by atoms with E-state index in [0.29, 0.717) is 0 Å². The molecule has 0 spiro atoms. The van der Waals surface area contributed by atoms with Crippen molar-refractivity contribution in [1.82, 2.24) is 4.57 Å². The fourth-order valence-electron chi connectivity index (χ4n) is 2.06. The first-order valence-electron chi connectivity index (χ1n) is 6.57. The molecule has 0 amide bonds. The molecule has 0 aliphatic carbocycles. The van der Waals surface area contributed by atoms with Crippen molar-refractivity contribution in [2.75, 3.05) is 7.11 Å². The summed E-state index contributed by atoms with van der Waals surface area (Å²) in [5, 5.41) is 10.0. The largest absolute Gasteiger partial charge is 0.497 e. The number of aliphatic hydroxyl groups is 1. The summed E-state index contributed by atoms with van der Waals surface area (Å²) in [5.74, 6) is 1.10. The van der Waals surface area contributed by atoms with Crippen LogP contribution in [0.15, 0.2) is 42.7 Å². The molecule has 1 aromatic carbocycles. The SMILES string of the molecule is COc1ccc(Cn2ccc(C(O)C(C)C)c2)cc1. The highest BCUT2D eigenvalue weighted by Crippen LogP contribution is 2.22. The van der Waals surface area contributed by atoms with Crippen molar-refractivity contribution < 1.29 is 9.84 Å². The molecule has 0 radical (unpaired) electrons. The lowest BCUT2D eigenvalue weighted by molar-refractivity contribution is 0.127. The molecular weight excluding hydrogens is 238 g/mol. The molecule has 1 aromatic heterocycles. The van der Waals surface area contributed by atoms with E-state index >= 15 is 0 Å². The minimum Gasteiger partial charge on any atom is -0.497 e. The van der Waals surface area contributed by atoms with Crippen molar-refractivity contribution in [2.24, 2.45) is 5.92 Å². The van der Waals surface area contributed by atoms with Gasteiger partial charge in [-0.25, -0.2) is 0 Å². The average Bonchev–Trinajstić information content (AvgIpc) is 2.87. The van der Waals surface area contributed by atoms with Crippen molar-refractivity contribution in [3.05, 3.63) is 53.9 Å². The molecule has 19 heavy (non-hydrogen) atoms. The first-order chi connectivity index (χ1) is 9.10. The maximum Gasteiger partial charge on any atom is 0.118 e. The third-order valence-corrected chi connectivity index (χ3v) is 3.27. The van der Waals surface area contributed by atoms with Gasteiger partial charge in [0, 0.05) is 18.9 Å². The predicted octanol–water partition coefficient (Wildman–Crippen LogP) is 3.23. The van der Waals surface area contributed by atoms with Crippen LogP contribution in [0.5, 0.6) is 5.75 Å². The zero-order valence-electron chi connectivity index (χ0n) is 11.7. The van der Waals surface area contributed by atoms with Gasteiger partial charge in [0.25, 0.3) is 0 Å². The molecule has 3 nitrogen and oxygen atoms in total. The van der Waals surface area contributed by atoms with Gasteiger partial charge in [-0.2, -0.15) is 0 Å². The van der Waals surface area contributed by atoms with Gasteiger partial charge in [0.15, 0.2) is 0 Å². The van der Waals surface area contributed by atoms with Crippen molar-refractivity contribution in [3.8, 4) is 5.75 Å². The second kappa shape index (κ2) is 5.93. The lowest BCUT2D eigenvalue weighted by Crippen LogP contribution is -2.04. The van der Waals surface area contributed by atoms with E-state index in [1.165, 1.54) is 5.56 Å². The minimum absolute atomic E-state index is 0.233. The first-order valence-corrected chi connectivity index (χ1v) is 6.57. The van der Waals surface area contributed by atoms with Crippen molar-refractivity contribution in [3.63, 3.8) is 0 Å². The molecule has 102 valence electrons. The molecule has 1 unspecified atom stereocenters. The number of hydrogen-bond donors (Lipinski definition) is 1. The number of aromatic nitrogens is 1. The van der Waals surface area contributed by atoms with Crippen LogP contribution in [0.4, 0.5) is 0 Å². The molecule has 0 aliphatic heterocycles. The fraction of sp³-hybridized carbons (Fsp3) is 0.375. The smallest absolute Gasteiger partial charge is 0.118 e. The third kappa shape index (κ3) is 3.38. The fourth-order valence-corrected chi connectivity index (χ4v) is 2.06. The molecule has 0 saturated carbocycles. The lowest BCUT2D eigenvalue weighted by Gasteiger charge is -2.12. The Kier molecular flexibility index (Phi) is 4.27. The molecule has 2 aromatic rings. The molecule has 0 fully saturated rings. The van der Waals surface area contributed by atoms with Crippen LogP contribution in [0.1, 0.15) is 31.1 Å². The van der Waals surface area contributed by atoms with E-state index in [-0.39, 0.29) is 5.92 Å². The van der Waals surface area contributed by atoms with Gasteiger partial charge in [-0.3, -0.25) is 0 Å². The van der Waals surface area contributed by atoms with E-state index in [9.17, 15) is 5.11 Å². The summed E-state index contributed by atoms with van der Waals surface area (Å²) in [6.45, 7) is 4.84. The van der Waals surface area contributed by atoms with E-state index in [1.54, 1.807) is 7.11 Å². The Hall–Kier alpha value is -1.74. The Morgan fingerprint density at radius 3 is 2.42 bits per heavy atom. The molecule has 0 aliphatic rings. The zero-order valence-corrected chi connectivity index (χ0v) is 11.7. The summed E-state index contributed by atoms with van der Waals surface area (Å²) in [7, 11) is 1.67. The van der Waals surface area contributed by atoms with Gasteiger partial charge in [0.05, 0.1) is 13.2 Å². The van der Waals surface area contributed by atoms with Crippen LogP contribution in [0.3, 0.4) is 0 Å². The third-order valence-electron chi connectivity index (χ3n) is 3.27. The van der Waals surface area contributed by atoms with E-state index in [4.69, 9.17) is 4.74 Å². The van der Waals surface area contributed by atoms with Crippen molar-refractivity contribution >= 4 is 0 Å². The van der Waals surface area contributed by atoms with Gasteiger partial charge in [-0.1, -0.05) is 26.0 Å². The number of methoxy groups -OCH3 is 1. The molecule has 0 saturated heterocycles. The van der Waals surface area contributed by atoms with Crippen LogP contribution < -0.4 is 4.74 Å². The van der Waals surface area contributed by atoms with Gasteiger partial charge in [-0.15, -0.1) is 0 Å². The first kappa shape index (κ1) is 13.7. The average molecular weight is 259 g/mol. The highest BCUT2D eigenvalue weighted by atomic mass is 16.5. The number of nitrogens with zero attached hydrogens (tertiary/aromatic N) is 1. The van der Waals surface area contributed by atoms with E-state index in [1.807, 2.05) is 44.4 Å². The Morgan fingerprint density at radius 1 is 1.16 bits per heavy atom.